The van der Waals surface area contributed by atoms with E-state index < -0.39 is 0 Å². The summed E-state index contributed by atoms with van der Waals surface area (Å²) in [6.07, 6.45) is 3.15. The largest absolute Gasteiger partial charge is 0.496 e. The van der Waals surface area contributed by atoms with Gasteiger partial charge in [-0.25, -0.2) is 0 Å². The molecule has 3 rings (SSSR count). The maximum Gasteiger partial charge on any atom is 0.276 e. The van der Waals surface area contributed by atoms with Gasteiger partial charge in [0.05, 0.1) is 7.11 Å². The summed E-state index contributed by atoms with van der Waals surface area (Å²) in [4.78, 5) is 12.8. The SMILES string of the molecule is CN=C(NCCc1noc(-c2ccccn2)n1)NCCc1cc(C)ccc1OC.I. The summed E-state index contributed by atoms with van der Waals surface area (Å²) in [6, 6.07) is 11.8. The van der Waals surface area contributed by atoms with Gasteiger partial charge in [-0.05, 0) is 37.1 Å². The second kappa shape index (κ2) is 12.1. The van der Waals surface area contributed by atoms with Crippen LogP contribution >= 0.6 is 24.0 Å². The highest BCUT2D eigenvalue weighted by Gasteiger charge is 2.09. The van der Waals surface area contributed by atoms with Crippen LogP contribution in [0.15, 0.2) is 52.1 Å². The number of nitrogens with zero attached hydrogens (tertiary/aromatic N) is 4. The van der Waals surface area contributed by atoms with Crippen LogP contribution in [0, 0.1) is 6.92 Å². The van der Waals surface area contributed by atoms with Gasteiger partial charge in [0.1, 0.15) is 11.4 Å². The lowest BCUT2D eigenvalue weighted by Crippen LogP contribution is -2.39. The number of benzene rings is 1. The summed E-state index contributed by atoms with van der Waals surface area (Å²) < 4.78 is 10.7. The first-order valence-corrected chi connectivity index (χ1v) is 9.51. The molecule has 0 aliphatic heterocycles. The Kier molecular flexibility index (Phi) is 9.52. The van der Waals surface area contributed by atoms with E-state index in [1.165, 1.54) is 11.1 Å². The molecule has 0 spiro atoms. The van der Waals surface area contributed by atoms with Crippen molar-refractivity contribution >= 4 is 29.9 Å². The van der Waals surface area contributed by atoms with E-state index in [1.54, 1.807) is 20.4 Å². The Hall–Kier alpha value is -2.69. The molecule has 0 atom stereocenters. The number of aryl methyl sites for hydroxylation is 1. The van der Waals surface area contributed by atoms with Crippen molar-refractivity contribution in [3.05, 3.63) is 59.5 Å². The molecule has 3 aromatic rings. The van der Waals surface area contributed by atoms with Crippen LogP contribution in [0.2, 0.25) is 0 Å². The lowest BCUT2D eigenvalue weighted by atomic mass is 10.1. The Morgan fingerprint density at radius 3 is 2.63 bits per heavy atom. The van der Waals surface area contributed by atoms with Crippen molar-refractivity contribution in [2.24, 2.45) is 4.99 Å². The number of nitrogens with one attached hydrogen (secondary N) is 2. The third kappa shape index (κ3) is 6.68. The van der Waals surface area contributed by atoms with Gasteiger partial charge in [-0.3, -0.25) is 9.98 Å². The lowest BCUT2D eigenvalue weighted by Gasteiger charge is -2.13. The summed E-state index contributed by atoms with van der Waals surface area (Å²) >= 11 is 0. The number of ether oxygens (including phenoxy) is 1. The van der Waals surface area contributed by atoms with E-state index in [-0.39, 0.29) is 24.0 Å². The van der Waals surface area contributed by atoms with E-state index in [0.717, 1.165) is 24.7 Å². The molecule has 0 saturated heterocycles. The third-order valence-corrected chi connectivity index (χ3v) is 4.34. The van der Waals surface area contributed by atoms with E-state index in [4.69, 9.17) is 9.26 Å². The van der Waals surface area contributed by atoms with Gasteiger partial charge in [0.2, 0.25) is 0 Å². The number of hydrogen-bond donors (Lipinski definition) is 2. The summed E-state index contributed by atoms with van der Waals surface area (Å²) in [5, 5.41) is 10.6. The van der Waals surface area contributed by atoms with E-state index in [2.05, 4.69) is 43.7 Å². The molecule has 2 heterocycles. The van der Waals surface area contributed by atoms with Crippen LogP contribution in [0.1, 0.15) is 17.0 Å². The number of pyridine rings is 1. The van der Waals surface area contributed by atoms with Gasteiger partial charge in [-0.15, -0.1) is 24.0 Å². The second-order valence-electron chi connectivity index (χ2n) is 6.47. The smallest absolute Gasteiger partial charge is 0.276 e. The highest BCUT2D eigenvalue weighted by atomic mass is 127. The van der Waals surface area contributed by atoms with Crippen molar-refractivity contribution in [3.8, 4) is 17.3 Å². The van der Waals surface area contributed by atoms with Crippen LogP contribution in [0.3, 0.4) is 0 Å². The van der Waals surface area contributed by atoms with Gasteiger partial charge in [-0.1, -0.05) is 28.9 Å². The minimum absolute atomic E-state index is 0. The standard InChI is InChI=1S/C21H26N6O2.HI/c1-15-7-8-18(28-3)16(14-15)9-12-24-21(22-2)25-13-10-19-26-20(29-27-19)17-6-4-5-11-23-17;/h4-8,11,14H,9-10,12-13H2,1-3H3,(H2,22,24,25);1H. The highest BCUT2D eigenvalue weighted by molar-refractivity contribution is 14.0. The van der Waals surface area contributed by atoms with Crippen molar-refractivity contribution < 1.29 is 9.26 Å². The predicted molar refractivity (Wildman–Crippen MR) is 127 cm³/mol. The summed E-state index contributed by atoms with van der Waals surface area (Å²) in [5.41, 5.74) is 3.06. The zero-order valence-electron chi connectivity index (χ0n) is 17.4. The van der Waals surface area contributed by atoms with Crippen LogP contribution in [0.5, 0.6) is 5.75 Å². The summed E-state index contributed by atoms with van der Waals surface area (Å²) in [6.45, 7) is 3.45. The number of hydrogen-bond acceptors (Lipinski definition) is 6. The number of aliphatic imine (C=N–C) groups is 1. The minimum atomic E-state index is 0. The number of guanidine groups is 1. The van der Waals surface area contributed by atoms with Crippen LogP contribution in [-0.2, 0) is 12.8 Å². The van der Waals surface area contributed by atoms with Gasteiger partial charge in [-0.2, -0.15) is 4.98 Å². The molecule has 0 fully saturated rings. The van der Waals surface area contributed by atoms with Crippen molar-refractivity contribution in [1.29, 1.82) is 0 Å². The monoisotopic (exact) mass is 522 g/mol. The van der Waals surface area contributed by atoms with Crippen molar-refractivity contribution in [2.45, 2.75) is 19.8 Å². The second-order valence-corrected chi connectivity index (χ2v) is 6.47. The quantitative estimate of drug-likeness (QED) is 0.267. The van der Waals surface area contributed by atoms with Crippen LogP contribution < -0.4 is 15.4 Å². The van der Waals surface area contributed by atoms with Crippen LogP contribution in [0.4, 0.5) is 0 Å². The Balaban J connectivity index is 0.00000320. The van der Waals surface area contributed by atoms with Crippen LogP contribution in [0.25, 0.3) is 11.6 Å². The number of halogens is 1. The van der Waals surface area contributed by atoms with Gasteiger partial charge in [0.25, 0.3) is 5.89 Å². The molecule has 0 aliphatic rings. The van der Waals surface area contributed by atoms with Gasteiger partial charge in [0.15, 0.2) is 11.8 Å². The maximum atomic E-state index is 5.43. The molecule has 2 N–H and O–H groups in total. The Morgan fingerprint density at radius 1 is 1.13 bits per heavy atom. The maximum absolute atomic E-state index is 5.43. The van der Waals surface area contributed by atoms with Gasteiger partial charge >= 0.3 is 0 Å². The topological polar surface area (TPSA) is 97.5 Å². The number of methoxy groups -OCH3 is 1. The molecule has 0 amide bonds. The molecule has 30 heavy (non-hydrogen) atoms. The van der Waals surface area contributed by atoms with Crippen molar-refractivity contribution in [3.63, 3.8) is 0 Å². The molecule has 160 valence electrons. The molecule has 0 unspecified atom stereocenters. The fourth-order valence-electron chi connectivity index (χ4n) is 2.88. The molecule has 8 nitrogen and oxygen atoms in total. The van der Waals surface area contributed by atoms with Crippen molar-refractivity contribution in [1.82, 2.24) is 25.8 Å². The van der Waals surface area contributed by atoms with Gasteiger partial charge < -0.3 is 19.9 Å². The van der Waals surface area contributed by atoms with E-state index in [9.17, 15) is 0 Å². The molecular formula is C21H27IN6O2. The summed E-state index contributed by atoms with van der Waals surface area (Å²) in [7, 11) is 3.44. The molecule has 0 bridgehead atoms. The van der Waals surface area contributed by atoms with E-state index in [1.807, 2.05) is 30.3 Å². The minimum Gasteiger partial charge on any atom is -0.496 e. The molecular weight excluding hydrogens is 495 g/mol. The predicted octanol–water partition coefficient (Wildman–Crippen LogP) is 3.02. The number of rotatable bonds is 8. The molecule has 0 saturated carbocycles. The zero-order valence-corrected chi connectivity index (χ0v) is 19.7. The number of aromatic nitrogens is 3. The summed E-state index contributed by atoms with van der Waals surface area (Å²) in [5.74, 6) is 2.68. The Bertz CT molecular complexity index is 946. The fourth-order valence-corrected chi connectivity index (χ4v) is 2.88. The van der Waals surface area contributed by atoms with Gasteiger partial charge in [0, 0.05) is 32.8 Å². The first-order valence-electron chi connectivity index (χ1n) is 9.51. The first-order chi connectivity index (χ1) is 14.2. The van der Waals surface area contributed by atoms with E-state index >= 15 is 0 Å². The highest BCUT2D eigenvalue weighted by Crippen LogP contribution is 2.19. The fraction of sp³-hybridized carbons (Fsp3) is 0.333. The zero-order chi connectivity index (χ0) is 20.5. The molecule has 0 radical (unpaired) electrons. The third-order valence-electron chi connectivity index (χ3n) is 4.34. The Morgan fingerprint density at radius 2 is 1.93 bits per heavy atom. The average molecular weight is 522 g/mol. The van der Waals surface area contributed by atoms with Crippen molar-refractivity contribution in [2.75, 3.05) is 27.2 Å². The molecule has 9 heteroatoms. The molecule has 1 aromatic carbocycles. The molecule has 0 aliphatic carbocycles. The normalized spacial score (nSPS) is 11.0. The lowest BCUT2D eigenvalue weighted by molar-refractivity contribution is 0.409. The Labute approximate surface area is 193 Å². The first kappa shape index (κ1) is 23.6. The van der Waals surface area contributed by atoms with Crippen LogP contribution in [-0.4, -0.2) is 48.3 Å². The average Bonchev–Trinajstić information content (AvgIpc) is 3.22. The molecule has 2 aromatic heterocycles. The van der Waals surface area contributed by atoms with E-state index in [0.29, 0.717) is 30.4 Å².